The van der Waals surface area contributed by atoms with Crippen molar-refractivity contribution in [2.24, 2.45) is 7.05 Å². The molecule has 140 valence electrons. The number of carbonyl (C=O) groups excluding carboxylic acids is 1. The molecule has 1 atom stereocenters. The van der Waals surface area contributed by atoms with E-state index in [4.69, 9.17) is 0 Å². The van der Waals surface area contributed by atoms with Crippen LogP contribution in [0.1, 0.15) is 36.2 Å². The number of amides is 1. The maximum Gasteiger partial charge on any atom is 0.223 e. The molecule has 0 aliphatic carbocycles. The van der Waals surface area contributed by atoms with Crippen molar-refractivity contribution in [1.82, 2.24) is 19.7 Å². The van der Waals surface area contributed by atoms with E-state index >= 15 is 0 Å². The molecule has 27 heavy (non-hydrogen) atoms. The molecule has 1 aromatic carbocycles. The van der Waals surface area contributed by atoms with Gasteiger partial charge >= 0.3 is 0 Å². The number of anilines is 1. The molecule has 1 unspecified atom stereocenters. The minimum atomic E-state index is -0.0760. The van der Waals surface area contributed by atoms with Crippen LogP contribution in [0.4, 0.5) is 5.13 Å². The van der Waals surface area contributed by atoms with Crippen molar-refractivity contribution in [1.29, 1.82) is 0 Å². The second kappa shape index (κ2) is 7.62. The monoisotopic (exact) mass is 381 g/mol. The highest BCUT2D eigenvalue weighted by Gasteiger charge is 2.27. The molecule has 2 aromatic heterocycles. The van der Waals surface area contributed by atoms with Crippen LogP contribution in [0.2, 0.25) is 0 Å². The zero-order valence-electron chi connectivity index (χ0n) is 15.6. The quantitative estimate of drug-likeness (QED) is 0.729. The van der Waals surface area contributed by atoms with Crippen LogP contribution >= 0.6 is 11.3 Å². The van der Waals surface area contributed by atoms with Crippen LogP contribution in [0.15, 0.2) is 42.9 Å². The average molecular weight is 382 g/mol. The van der Waals surface area contributed by atoms with E-state index in [0.717, 1.165) is 25.1 Å². The summed E-state index contributed by atoms with van der Waals surface area (Å²) in [6, 6.07) is 9.11. The summed E-state index contributed by atoms with van der Waals surface area (Å²) in [6.07, 6.45) is 8.15. The molecule has 0 bridgehead atoms. The van der Waals surface area contributed by atoms with E-state index in [2.05, 4.69) is 44.6 Å². The van der Waals surface area contributed by atoms with Gasteiger partial charge in [0.15, 0.2) is 5.13 Å². The van der Waals surface area contributed by atoms with Gasteiger partial charge in [-0.15, -0.1) is 11.3 Å². The number of aromatic nitrogens is 3. The predicted octanol–water partition coefficient (Wildman–Crippen LogP) is 3.84. The highest BCUT2D eigenvalue weighted by molar-refractivity contribution is 7.15. The molecule has 1 amide bonds. The lowest BCUT2D eigenvalue weighted by molar-refractivity contribution is -0.114. The van der Waals surface area contributed by atoms with Crippen LogP contribution in [0.3, 0.4) is 0 Å². The van der Waals surface area contributed by atoms with Crippen molar-refractivity contribution in [2.45, 2.75) is 32.4 Å². The van der Waals surface area contributed by atoms with E-state index < -0.39 is 0 Å². The Morgan fingerprint density at radius 3 is 2.78 bits per heavy atom. The Morgan fingerprint density at radius 2 is 2.07 bits per heavy atom. The standard InChI is InChI=1S/C20H23N5OS/c1-14(26)23-20-21-11-19(27-20)18-4-3-9-25(18)12-15-5-7-16(8-6-15)17-10-22-24(2)13-17/h5-8,10-11,13,18H,3-4,9,12H2,1-2H3,(H,21,23,26). The molecule has 1 N–H and O–H groups in total. The topological polar surface area (TPSA) is 63.1 Å². The summed E-state index contributed by atoms with van der Waals surface area (Å²) in [5.41, 5.74) is 3.63. The molecule has 1 fully saturated rings. The van der Waals surface area contributed by atoms with Gasteiger partial charge < -0.3 is 5.32 Å². The number of rotatable bonds is 5. The summed E-state index contributed by atoms with van der Waals surface area (Å²) < 4.78 is 1.82. The number of nitrogens with one attached hydrogen (secondary N) is 1. The van der Waals surface area contributed by atoms with Crippen LogP contribution in [0.5, 0.6) is 0 Å². The molecule has 1 saturated heterocycles. The molecule has 3 aromatic rings. The Morgan fingerprint density at radius 1 is 1.26 bits per heavy atom. The molecule has 3 heterocycles. The van der Waals surface area contributed by atoms with Crippen LogP contribution in [-0.4, -0.2) is 32.1 Å². The van der Waals surface area contributed by atoms with E-state index in [1.807, 2.05) is 30.3 Å². The maximum absolute atomic E-state index is 11.2. The first-order chi connectivity index (χ1) is 13.1. The fourth-order valence-electron chi connectivity index (χ4n) is 3.59. The Kier molecular flexibility index (Phi) is 5.05. The Bertz CT molecular complexity index is 930. The molecule has 1 aliphatic heterocycles. The third-order valence-electron chi connectivity index (χ3n) is 4.88. The van der Waals surface area contributed by atoms with E-state index in [1.54, 1.807) is 11.3 Å². The number of hydrogen-bond acceptors (Lipinski definition) is 5. The molecule has 1 aliphatic rings. The minimum absolute atomic E-state index is 0.0760. The van der Waals surface area contributed by atoms with E-state index in [1.165, 1.54) is 29.3 Å². The summed E-state index contributed by atoms with van der Waals surface area (Å²) in [5, 5.41) is 7.70. The maximum atomic E-state index is 11.2. The van der Waals surface area contributed by atoms with Gasteiger partial charge in [0, 0.05) is 49.4 Å². The smallest absolute Gasteiger partial charge is 0.223 e. The van der Waals surface area contributed by atoms with Gasteiger partial charge in [-0.05, 0) is 30.5 Å². The Labute approximate surface area is 162 Å². The van der Waals surface area contributed by atoms with E-state index in [9.17, 15) is 4.79 Å². The van der Waals surface area contributed by atoms with Crippen LogP contribution in [0.25, 0.3) is 11.1 Å². The van der Waals surface area contributed by atoms with Crippen molar-refractivity contribution in [3.8, 4) is 11.1 Å². The van der Waals surface area contributed by atoms with Gasteiger partial charge in [-0.3, -0.25) is 14.4 Å². The number of carbonyl (C=O) groups is 1. The largest absolute Gasteiger partial charge is 0.302 e. The van der Waals surface area contributed by atoms with Gasteiger partial charge in [-0.25, -0.2) is 4.98 Å². The summed E-state index contributed by atoms with van der Waals surface area (Å²) in [5.74, 6) is -0.0760. The van der Waals surface area contributed by atoms with Gasteiger partial charge in [-0.2, -0.15) is 5.10 Å². The Hall–Kier alpha value is -2.51. The first-order valence-electron chi connectivity index (χ1n) is 9.14. The normalized spacial score (nSPS) is 17.3. The van der Waals surface area contributed by atoms with Crippen LogP contribution < -0.4 is 5.32 Å². The first-order valence-corrected chi connectivity index (χ1v) is 9.95. The fourth-order valence-corrected chi connectivity index (χ4v) is 4.63. The number of benzene rings is 1. The summed E-state index contributed by atoms with van der Waals surface area (Å²) in [4.78, 5) is 19.3. The number of aryl methyl sites for hydroxylation is 1. The predicted molar refractivity (Wildman–Crippen MR) is 107 cm³/mol. The summed E-state index contributed by atoms with van der Waals surface area (Å²) >= 11 is 1.58. The SMILES string of the molecule is CC(=O)Nc1ncc(C2CCCN2Cc2ccc(-c3cnn(C)c3)cc2)s1. The fraction of sp³-hybridized carbons (Fsp3) is 0.350. The molecule has 7 heteroatoms. The lowest BCUT2D eigenvalue weighted by Gasteiger charge is -2.23. The molecular weight excluding hydrogens is 358 g/mol. The van der Waals surface area contributed by atoms with Crippen molar-refractivity contribution in [2.75, 3.05) is 11.9 Å². The molecule has 4 rings (SSSR count). The highest BCUT2D eigenvalue weighted by Crippen LogP contribution is 2.37. The zero-order valence-corrected chi connectivity index (χ0v) is 16.4. The minimum Gasteiger partial charge on any atom is -0.302 e. The number of thiazole rings is 1. The Balaban J connectivity index is 1.45. The third kappa shape index (κ3) is 4.09. The average Bonchev–Trinajstić information content (AvgIpc) is 3.36. The van der Waals surface area contributed by atoms with E-state index in [0.29, 0.717) is 11.2 Å². The van der Waals surface area contributed by atoms with Gasteiger partial charge in [0.1, 0.15) is 0 Å². The van der Waals surface area contributed by atoms with Crippen LogP contribution in [-0.2, 0) is 18.4 Å². The van der Waals surface area contributed by atoms with Gasteiger partial charge in [0.2, 0.25) is 5.91 Å². The van der Waals surface area contributed by atoms with Crippen molar-refractivity contribution >= 4 is 22.4 Å². The van der Waals surface area contributed by atoms with E-state index in [-0.39, 0.29) is 5.91 Å². The lowest BCUT2D eigenvalue weighted by Crippen LogP contribution is -2.22. The summed E-state index contributed by atoms with van der Waals surface area (Å²) in [6.45, 7) is 3.52. The van der Waals surface area contributed by atoms with Crippen molar-refractivity contribution in [3.05, 3.63) is 53.3 Å². The molecule has 0 radical (unpaired) electrons. The molecule has 0 saturated carbocycles. The van der Waals surface area contributed by atoms with Crippen molar-refractivity contribution in [3.63, 3.8) is 0 Å². The van der Waals surface area contributed by atoms with Gasteiger partial charge in [-0.1, -0.05) is 24.3 Å². The number of nitrogens with zero attached hydrogens (tertiary/aromatic N) is 4. The number of likely N-dealkylation sites (tertiary alicyclic amines) is 1. The second-order valence-corrected chi connectivity index (χ2v) is 8.04. The first kappa shape index (κ1) is 17.9. The molecule has 0 spiro atoms. The lowest BCUT2D eigenvalue weighted by atomic mass is 10.1. The zero-order chi connectivity index (χ0) is 18.8. The molecular formula is C20H23N5OS. The number of hydrogen-bond donors (Lipinski definition) is 1. The summed E-state index contributed by atoms with van der Waals surface area (Å²) in [7, 11) is 1.93. The molecule has 6 nitrogen and oxygen atoms in total. The van der Waals surface area contributed by atoms with Crippen LogP contribution in [0, 0.1) is 0 Å². The van der Waals surface area contributed by atoms with Gasteiger partial charge in [0.05, 0.1) is 6.20 Å². The van der Waals surface area contributed by atoms with Crippen molar-refractivity contribution < 1.29 is 4.79 Å². The third-order valence-corrected chi connectivity index (χ3v) is 5.89. The highest BCUT2D eigenvalue weighted by atomic mass is 32.1. The van der Waals surface area contributed by atoms with Gasteiger partial charge in [0.25, 0.3) is 0 Å². The second-order valence-electron chi connectivity index (χ2n) is 6.98.